The third-order valence-electron chi connectivity index (χ3n) is 5.94. The SMILES string of the molecule is NC=C1C=CCCC1=C1C(=O)N=C(SCc2ccccc2Cl)C2CCCCC12. The Bertz CT molecular complexity index is 900. The molecule has 1 aromatic carbocycles. The quantitative estimate of drug-likeness (QED) is 0.623. The molecule has 1 amide bonds. The molecule has 2 unspecified atom stereocenters. The summed E-state index contributed by atoms with van der Waals surface area (Å²) in [4.78, 5) is 17.7. The van der Waals surface area contributed by atoms with Crippen molar-refractivity contribution in [3.63, 3.8) is 0 Å². The lowest BCUT2D eigenvalue weighted by Gasteiger charge is -2.37. The van der Waals surface area contributed by atoms with E-state index in [0.29, 0.717) is 5.92 Å². The predicted octanol–water partition coefficient (Wildman–Crippen LogP) is 5.81. The molecule has 0 bridgehead atoms. The summed E-state index contributed by atoms with van der Waals surface area (Å²) < 4.78 is 0. The van der Waals surface area contributed by atoms with E-state index in [9.17, 15) is 4.79 Å². The van der Waals surface area contributed by atoms with Gasteiger partial charge in [-0.1, -0.05) is 54.8 Å². The topological polar surface area (TPSA) is 55.5 Å². The highest BCUT2D eigenvalue weighted by Gasteiger charge is 2.40. The number of rotatable bonds is 2. The van der Waals surface area contributed by atoms with Crippen LogP contribution in [0.1, 0.15) is 44.1 Å². The first-order valence-corrected chi connectivity index (χ1v) is 11.4. The fourth-order valence-corrected chi connectivity index (χ4v) is 6.04. The van der Waals surface area contributed by atoms with Crippen LogP contribution < -0.4 is 5.73 Å². The normalized spacial score (nSPS) is 29.0. The predicted molar refractivity (Wildman–Crippen MR) is 118 cm³/mol. The summed E-state index contributed by atoms with van der Waals surface area (Å²) in [6, 6.07) is 7.89. The summed E-state index contributed by atoms with van der Waals surface area (Å²) in [6.07, 6.45) is 12.2. The lowest BCUT2D eigenvalue weighted by Crippen LogP contribution is -2.35. The molecule has 0 radical (unpaired) electrons. The molecule has 1 aliphatic heterocycles. The Kier molecular flexibility index (Phi) is 6.07. The Morgan fingerprint density at radius 1 is 1.21 bits per heavy atom. The molecule has 1 saturated carbocycles. The summed E-state index contributed by atoms with van der Waals surface area (Å²) >= 11 is 7.99. The van der Waals surface area contributed by atoms with E-state index in [1.807, 2.05) is 30.3 Å². The molecule has 0 saturated heterocycles. The number of hydrogen-bond donors (Lipinski definition) is 1. The number of nitrogens with zero attached hydrogens (tertiary/aromatic N) is 1. The van der Waals surface area contributed by atoms with Crippen molar-refractivity contribution in [3.8, 4) is 0 Å². The maximum atomic E-state index is 13.1. The number of carbonyl (C=O) groups is 1. The zero-order valence-electron chi connectivity index (χ0n) is 15.9. The highest BCUT2D eigenvalue weighted by molar-refractivity contribution is 8.13. The van der Waals surface area contributed by atoms with Crippen molar-refractivity contribution in [1.82, 2.24) is 0 Å². The molecule has 0 spiro atoms. The van der Waals surface area contributed by atoms with Crippen LogP contribution in [-0.2, 0) is 10.5 Å². The minimum atomic E-state index is -0.0607. The van der Waals surface area contributed by atoms with Crippen LogP contribution in [0.2, 0.25) is 5.02 Å². The monoisotopic (exact) mass is 412 g/mol. The van der Waals surface area contributed by atoms with Crippen molar-refractivity contribution in [2.75, 3.05) is 0 Å². The molecule has 3 aliphatic rings. The van der Waals surface area contributed by atoms with Gasteiger partial charge in [-0.05, 0) is 54.4 Å². The molecule has 1 heterocycles. The van der Waals surface area contributed by atoms with Crippen LogP contribution in [0.4, 0.5) is 0 Å². The van der Waals surface area contributed by atoms with Crippen LogP contribution in [0, 0.1) is 11.8 Å². The number of nitrogens with two attached hydrogens (primary N) is 1. The van der Waals surface area contributed by atoms with E-state index < -0.39 is 0 Å². The van der Waals surface area contributed by atoms with Crippen molar-refractivity contribution in [2.24, 2.45) is 22.6 Å². The average Bonchev–Trinajstić information content (AvgIpc) is 2.73. The van der Waals surface area contributed by atoms with E-state index >= 15 is 0 Å². The number of carbonyl (C=O) groups excluding carboxylic acids is 1. The number of fused-ring (bicyclic) bond motifs is 1. The van der Waals surface area contributed by atoms with Crippen molar-refractivity contribution < 1.29 is 4.79 Å². The molecule has 146 valence electrons. The van der Waals surface area contributed by atoms with Gasteiger partial charge >= 0.3 is 0 Å². The van der Waals surface area contributed by atoms with Crippen LogP contribution in [0.3, 0.4) is 0 Å². The lowest BCUT2D eigenvalue weighted by molar-refractivity contribution is -0.115. The number of amides is 1. The number of benzene rings is 1. The molecule has 3 nitrogen and oxygen atoms in total. The van der Waals surface area contributed by atoms with Crippen LogP contribution in [0.25, 0.3) is 0 Å². The molecule has 0 aromatic heterocycles. The van der Waals surface area contributed by atoms with Crippen molar-refractivity contribution in [2.45, 2.75) is 44.3 Å². The molecule has 5 heteroatoms. The molecule has 2 atom stereocenters. The molecular formula is C23H25ClN2OS. The lowest BCUT2D eigenvalue weighted by atomic mass is 9.71. The number of thioether (sulfide) groups is 1. The van der Waals surface area contributed by atoms with Crippen LogP contribution in [0.15, 0.2) is 64.3 Å². The smallest absolute Gasteiger partial charge is 0.274 e. The largest absolute Gasteiger partial charge is 0.404 e. The van der Waals surface area contributed by atoms with E-state index in [-0.39, 0.29) is 11.8 Å². The van der Waals surface area contributed by atoms with Gasteiger partial charge in [-0.25, -0.2) is 4.99 Å². The standard InChI is InChI=1S/C23H25ClN2OS/c24-20-12-6-2-8-16(20)14-28-23-19-11-5-4-10-18(19)21(22(27)26-23)17-9-3-1-7-15(17)13-25/h1-2,6-8,12-13,18-19H,3-5,9-11,14,25H2. The van der Waals surface area contributed by atoms with Crippen molar-refractivity contribution in [1.29, 1.82) is 0 Å². The second-order valence-electron chi connectivity index (χ2n) is 7.59. The third-order valence-corrected chi connectivity index (χ3v) is 7.45. The van der Waals surface area contributed by atoms with Crippen LogP contribution >= 0.6 is 23.4 Å². The highest BCUT2D eigenvalue weighted by atomic mass is 35.5. The van der Waals surface area contributed by atoms with Gasteiger partial charge in [0, 0.05) is 28.5 Å². The Morgan fingerprint density at radius 2 is 2.00 bits per heavy atom. The van der Waals surface area contributed by atoms with E-state index in [4.69, 9.17) is 17.3 Å². The van der Waals surface area contributed by atoms with Gasteiger partial charge < -0.3 is 5.73 Å². The molecule has 1 fully saturated rings. The van der Waals surface area contributed by atoms with E-state index in [1.165, 1.54) is 12.8 Å². The number of hydrogen-bond acceptors (Lipinski definition) is 3. The van der Waals surface area contributed by atoms with Crippen molar-refractivity contribution in [3.05, 3.63) is 69.9 Å². The molecule has 1 aromatic rings. The minimum absolute atomic E-state index is 0.0607. The highest BCUT2D eigenvalue weighted by Crippen LogP contribution is 2.45. The fourth-order valence-electron chi connectivity index (χ4n) is 4.56. The molecular weight excluding hydrogens is 388 g/mol. The average molecular weight is 413 g/mol. The first kappa shape index (κ1) is 19.5. The van der Waals surface area contributed by atoms with Gasteiger partial charge in [0.15, 0.2) is 0 Å². The maximum absolute atomic E-state index is 13.1. The maximum Gasteiger partial charge on any atom is 0.274 e. The summed E-state index contributed by atoms with van der Waals surface area (Å²) in [5.41, 5.74) is 9.97. The van der Waals surface area contributed by atoms with Gasteiger partial charge in [-0.3, -0.25) is 4.79 Å². The minimum Gasteiger partial charge on any atom is -0.404 e. The summed E-state index contributed by atoms with van der Waals surface area (Å²) in [5.74, 6) is 1.29. The van der Waals surface area contributed by atoms with E-state index in [2.05, 4.69) is 11.1 Å². The summed E-state index contributed by atoms with van der Waals surface area (Å²) in [6.45, 7) is 0. The van der Waals surface area contributed by atoms with Crippen LogP contribution in [0.5, 0.6) is 0 Å². The van der Waals surface area contributed by atoms with Gasteiger partial charge in [0.25, 0.3) is 5.91 Å². The second-order valence-corrected chi connectivity index (χ2v) is 8.99. The zero-order valence-corrected chi connectivity index (χ0v) is 17.4. The van der Waals surface area contributed by atoms with Gasteiger partial charge in [0.05, 0.1) is 5.04 Å². The zero-order chi connectivity index (χ0) is 19.5. The summed E-state index contributed by atoms with van der Waals surface area (Å²) in [5, 5.41) is 1.76. The Labute approximate surface area is 175 Å². The number of allylic oxidation sites excluding steroid dienone is 4. The van der Waals surface area contributed by atoms with Gasteiger partial charge in [-0.15, -0.1) is 11.8 Å². The van der Waals surface area contributed by atoms with Gasteiger partial charge in [0.1, 0.15) is 0 Å². The molecule has 2 N–H and O–H groups in total. The van der Waals surface area contributed by atoms with Gasteiger partial charge in [-0.2, -0.15) is 0 Å². The van der Waals surface area contributed by atoms with Crippen molar-refractivity contribution >= 4 is 34.3 Å². The number of halogens is 1. The van der Waals surface area contributed by atoms with Gasteiger partial charge in [0.2, 0.25) is 0 Å². The number of aliphatic imine (C=N–C) groups is 1. The first-order valence-electron chi connectivity index (χ1n) is 10.00. The van der Waals surface area contributed by atoms with E-state index in [0.717, 1.165) is 63.8 Å². The Hall–Kier alpha value is -1.78. The Balaban J connectivity index is 1.66. The molecule has 28 heavy (non-hydrogen) atoms. The molecule has 2 aliphatic carbocycles. The fraction of sp³-hybridized carbons (Fsp3) is 0.391. The van der Waals surface area contributed by atoms with Crippen LogP contribution in [-0.4, -0.2) is 11.0 Å². The summed E-state index contributed by atoms with van der Waals surface area (Å²) in [7, 11) is 0. The Morgan fingerprint density at radius 3 is 2.79 bits per heavy atom. The van der Waals surface area contributed by atoms with E-state index in [1.54, 1.807) is 18.0 Å². The first-order chi connectivity index (χ1) is 13.7. The third kappa shape index (κ3) is 3.85. The second kappa shape index (κ2) is 8.71. The molecule has 4 rings (SSSR count).